The highest BCUT2D eigenvalue weighted by atomic mass is 16.3. The van der Waals surface area contributed by atoms with Crippen molar-refractivity contribution in [2.75, 3.05) is 10.2 Å². The molecule has 56 heavy (non-hydrogen) atoms. The van der Waals surface area contributed by atoms with Crippen molar-refractivity contribution in [3.05, 3.63) is 193 Å². The topological polar surface area (TPSA) is 33.3 Å². The summed E-state index contributed by atoms with van der Waals surface area (Å²) in [6, 6.07) is 63.8. The molecule has 1 atom stereocenters. The Morgan fingerprint density at radius 3 is 2.14 bits per heavy atom. The van der Waals surface area contributed by atoms with Crippen molar-refractivity contribution in [2.45, 2.75) is 25.4 Å². The molecule has 0 fully saturated rings. The van der Waals surface area contributed by atoms with Crippen molar-refractivity contribution < 1.29 is 4.42 Å². The summed E-state index contributed by atoms with van der Waals surface area (Å²) in [6.07, 6.45) is 0.00209. The van der Waals surface area contributed by atoms with Crippen LogP contribution < -0.4 is 10.2 Å². The van der Waals surface area contributed by atoms with Crippen molar-refractivity contribution in [3.63, 3.8) is 0 Å². The Morgan fingerprint density at radius 2 is 1.25 bits per heavy atom. The van der Waals surface area contributed by atoms with E-state index >= 15 is 0 Å². The monoisotopic (exact) mass is 719 g/mol. The molecule has 3 heterocycles. The fraction of sp³-hybridized carbons (Fsp3) is 0.0769. The fourth-order valence-electron chi connectivity index (χ4n) is 9.79. The molecular weight excluding hydrogens is 683 g/mol. The Hall–Kier alpha value is -7.04. The molecule has 8 aromatic carbocycles. The summed E-state index contributed by atoms with van der Waals surface area (Å²) in [5, 5.41) is 8.51. The number of furan rings is 1. The molecule has 10 aromatic rings. The van der Waals surface area contributed by atoms with E-state index in [0.29, 0.717) is 0 Å². The summed E-state index contributed by atoms with van der Waals surface area (Å²) in [7, 11) is 0. The molecule has 1 aliphatic carbocycles. The minimum atomic E-state index is -0.0733. The van der Waals surface area contributed by atoms with E-state index in [0.717, 1.165) is 50.1 Å². The molecule has 0 saturated heterocycles. The van der Waals surface area contributed by atoms with Crippen LogP contribution in [0.1, 0.15) is 36.7 Å². The van der Waals surface area contributed by atoms with Gasteiger partial charge < -0.3 is 19.2 Å². The second-order valence-electron chi connectivity index (χ2n) is 15.8. The molecule has 0 bridgehead atoms. The normalized spacial score (nSPS) is 15.4. The van der Waals surface area contributed by atoms with Crippen molar-refractivity contribution in [3.8, 4) is 27.9 Å². The average molecular weight is 720 g/mol. The van der Waals surface area contributed by atoms with Gasteiger partial charge in [-0.05, 0) is 93.5 Å². The molecule has 0 amide bonds. The number of para-hydroxylation sites is 4. The highest BCUT2D eigenvalue weighted by molar-refractivity contribution is 6.16. The van der Waals surface area contributed by atoms with Gasteiger partial charge in [-0.3, -0.25) is 0 Å². The van der Waals surface area contributed by atoms with Crippen LogP contribution in [-0.2, 0) is 5.41 Å². The molecule has 266 valence electrons. The molecule has 1 N–H and O–H groups in total. The van der Waals surface area contributed by atoms with E-state index in [-0.39, 0.29) is 11.6 Å². The fourth-order valence-corrected chi connectivity index (χ4v) is 9.79. The van der Waals surface area contributed by atoms with Gasteiger partial charge in [-0.15, -0.1) is 0 Å². The summed E-state index contributed by atoms with van der Waals surface area (Å²) >= 11 is 0. The number of hydrogen-bond donors (Lipinski definition) is 1. The summed E-state index contributed by atoms with van der Waals surface area (Å²) in [6.45, 7) is 4.71. The average Bonchev–Trinajstić information content (AvgIpc) is 3.98. The summed E-state index contributed by atoms with van der Waals surface area (Å²) < 4.78 is 9.34. The van der Waals surface area contributed by atoms with Crippen LogP contribution in [0.4, 0.5) is 17.1 Å². The first-order valence-corrected chi connectivity index (χ1v) is 19.5. The third-order valence-electron chi connectivity index (χ3n) is 12.4. The number of fused-ring (bicyclic) bond motifs is 10. The van der Waals surface area contributed by atoms with E-state index in [1.807, 2.05) is 0 Å². The number of hydrogen-bond acceptors (Lipinski definition) is 3. The number of aromatic nitrogens is 1. The lowest BCUT2D eigenvalue weighted by Gasteiger charge is -2.27. The number of anilines is 3. The van der Waals surface area contributed by atoms with Gasteiger partial charge in [0.05, 0.1) is 28.1 Å². The van der Waals surface area contributed by atoms with Crippen molar-refractivity contribution in [1.82, 2.24) is 4.57 Å². The van der Waals surface area contributed by atoms with Crippen LogP contribution in [0.25, 0.3) is 71.7 Å². The second kappa shape index (κ2) is 11.5. The van der Waals surface area contributed by atoms with E-state index in [1.165, 1.54) is 55.3 Å². The van der Waals surface area contributed by atoms with Crippen LogP contribution in [0.3, 0.4) is 0 Å². The van der Waals surface area contributed by atoms with Crippen LogP contribution in [0.5, 0.6) is 0 Å². The lowest BCUT2D eigenvalue weighted by molar-refractivity contribution is 0.661. The van der Waals surface area contributed by atoms with E-state index < -0.39 is 0 Å². The van der Waals surface area contributed by atoms with Crippen molar-refractivity contribution >= 4 is 60.8 Å². The molecule has 0 radical (unpaired) electrons. The van der Waals surface area contributed by atoms with Gasteiger partial charge in [-0.25, -0.2) is 0 Å². The van der Waals surface area contributed by atoms with Crippen molar-refractivity contribution in [2.24, 2.45) is 0 Å². The standard InChI is InChI=1S/C52H37N3O/c1-52(2)41-20-8-6-16-36(41)39-31-47-40(30-42(39)52)37-17-7-10-22-44(37)55(47)46-24-12-19-38-49-35(18-13-25-48(49)56-50(38)46)32-26-28-34(29-27-32)54-45-23-11-9-21-43(45)53-51(54)33-14-4-3-5-15-33/h3-31,51,53H,1-2H3. The summed E-state index contributed by atoms with van der Waals surface area (Å²) in [5.41, 5.74) is 17.5. The molecule has 0 spiro atoms. The molecule has 4 nitrogen and oxygen atoms in total. The summed E-state index contributed by atoms with van der Waals surface area (Å²) in [5.74, 6) is 0. The molecular formula is C52H37N3O. The predicted octanol–water partition coefficient (Wildman–Crippen LogP) is 13.9. The van der Waals surface area contributed by atoms with Crippen LogP contribution >= 0.6 is 0 Å². The largest absolute Gasteiger partial charge is 0.454 e. The molecule has 0 saturated carbocycles. The maximum Gasteiger partial charge on any atom is 0.159 e. The first kappa shape index (κ1) is 31.3. The Bertz CT molecular complexity index is 3200. The maximum absolute atomic E-state index is 6.92. The van der Waals surface area contributed by atoms with Gasteiger partial charge in [0.1, 0.15) is 11.7 Å². The minimum Gasteiger partial charge on any atom is -0.454 e. The Labute approximate surface area is 324 Å². The first-order valence-electron chi connectivity index (χ1n) is 19.5. The first-order chi connectivity index (χ1) is 27.5. The van der Waals surface area contributed by atoms with E-state index in [9.17, 15) is 0 Å². The smallest absolute Gasteiger partial charge is 0.159 e. The van der Waals surface area contributed by atoms with Gasteiger partial charge in [0.15, 0.2) is 5.58 Å². The van der Waals surface area contributed by atoms with Crippen LogP contribution in [0, 0.1) is 0 Å². The van der Waals surface area contributed by atoms with Crippen LogP contribution in [0.2, 0.25) is 0 Å². The van der Waals surface area contributed by atoms with E-state index in [4.69, 9.17) is 4.42 Å². The quantitative estimate of drug-likeness (QED) is 0.197. The van der Waals surface area contributed by atoms with Gasteiger partial charge in [0.2, 0.25) is 0 Å². The molecule has 2 aromatic heterocycles. The zero-order chi connectivity index (χ0) is 37.1. The number of benzene rings is 8. The minimum absolute atomic E-state index is 0.00209. The Morgan fingerprint density at radius 1 is 0.536 bits per heavy atom. The third kappa shape index (κ3) is 4.30. The Kier molecular flexibility index (Phi) is 6.42. The molecule has 4 heteroatoms. The molecule has 12 rings (SSSR count). The zero-order valence-electron chi connectivity index (χ0n) is 31.1. The molecule has 2 aliphatic rings. The lowest BCUT2D eigenvalue weighted by atomic mass is 9.82. The number of nitrogens with one attached hydrogen (secondary N) is 1. The molecule has 1 unspecified atom stereocenters. The highest BCUT2D eigenvalue weighted by Crippen LogP contribution is 2.52. The third-order valence-corrected chi connectivity index (χ3v) is 12.4. The van der Waals surface area contributed by atoms with E-state index in [2.05, 4.69) is 205 Å². The maximum atomic E-state index is 6.92. The van der Waals surface area contributed by atoms with Gasteiger partial charge >= 0.3 is 0 Å². The predicted molar refractivity (Wildman–Crippen MR) is 232 cm³/mol. The van der Waals surface area contributed by atoms with E-state index in [1.54, 1.807) is 0 Å². The number of rotatable bonds is 4. The van der Waals surface area contributed by atoms with Crippen LogP contribution in [-0.4, -0.2) is 4.57 Å². The van der Waals surface area contributed by atoms with Crippen LogP contribution in [0.15, 0.2) is 180 Å². The highest BCUT2D eigenvalue weighted by Gasteiger charge is 2.36. The second-order valence-corrected chi connectivity index (χ2v) is 15.8. The lowest BCUT2D eigenvalue weighted by Crippen LogP contribution is -2.23. The van der Waals surface area contributed by atoms with Crippen molar-refractivity contribution in [1.29, 1.82) is 0 Å². The van der Waals surface area contributed by atoms with Gasteiger partial charge in [0.25, 0.3) is 0 Å². The molecule has 1 aliphatic heterocycles. The zero-order valence-corrected chi connectivity index (χ0v) is 31.1. The van der Waals surface area contributed by atoms with Gasteiger partial charge in [-0.2, -0.15) is 0 Å². The summed E-state index contributed by atoms with van der Waals surface area (Å²) in [4.78, 5) is 2.40. The SMILES string of the molecule is CC1(C)c2ccccc2-c2cc3c(cc21)c1ccccc1n3-c1cccc2c1oc1cccc(-c3ccc(N4c5ccccc5NC4c4ccccc4)cc3)c12. The Balaban J connectivity index is 1.02. The van der Waals surface area contributed by atoms with Gasteiger partial charge in [0, 0.05) is 32.6 Å². The number of nitrogens with zero attached hydrogens (tertiary/aromatic N) is 2. The van der Waals surface area contributed by atoms with Gasteiger partial charge in [-0.1, -0.05) is 135 Å².